The zero-order chi connectivity index (χ0) is 23.5. The number of nitrogens with one attached hydrogen (secondary N) is 1. The van der Waals surface area contributed by atoms with Gasteiger partial charge in [0.15, 0.2) is 0 Å². The Labute approximate surface area is 195 Å². The number of amides is 1. The molecule has 0 saturated carbocycles. The summed E-state index contributed by atoms with van der Waals surface area (Å²) in [5, 5.41) is 3.55. The van der Waals surface area contributed by atoms with Gasteiger partial charge in [0.05, 0.1) is 16.6 Å². The Morgan fingerprint density at radius 2 is 1.94 bits per heavy atom. The predicted octanol–water partition coefficient (Wildman–Crippen LogP) is 3.78. The van der Waals surface area contributed by atoms with Crippen LogP contribution in [0.2, 0.25) is 5.02 Å². The lowest BCUT2D eigenvalue weighted by molar-refractivity contribution is -0.124. The first-order valence-corrected chi connectivity index (χ1v) is 11.0. The van der Waals surface area contributed by atoms with Crippen LogP contribution in [0.5, 0.6) is 0 Å². The summed E-state index contributed by atoms with van der Waals surface area (Å²) in [6.07, 6.45) is 3.66. The summed E-state index contributed by atoms with van der Waals surface area (Å²) >= 11 is 6.21. The second-order valence-corrected chi connectivity index (χ2v) is 8.23. The summed E-state index contributed by atoms with van der Waals surface area (Å²) in [6.45, 7) is 3.97. The van der Waals surface area contributed by atoms with Crippen molar-refractivity contribution >= 4 is 28.4 Å². The molecule has 2 heterocycles. The summed E-state index contributed by atoms with van der Waals surface area (Å²) in [7, 11) is 0. The third-order valence-corrected chi connectivity index (χ3v) is 5.74. The van der Waals surface area contributed by atoms with Crippen LogP contribution >= 0.6 is 11.6 Å². The molecule has 2 aromatic heterocycles. The van der Waals surface area contributed by atoms with E-state index in [9.17, 15) is 14.4 Å². The molecular weight excluding hydrogens is 440 g/mol. The van der Waals surface area contributed by atoms with E-state index in [-0.39, 0.29) is 12.5 Å². The molecule has 0 bridgehead atoms. The molecule has 8 heteroatoms. The molecule has 4 rings (SSSR count). The number of aryl methyl sites for hydroxylation is 1. The van der Waals surface area contributed by atoms with Crippen molar-refractivity contribution in [3.8, 4) is 5.69 Å². The van der Waals surface area contributed by atoms with Crippen LogP contribution in [0.15, 0.2) is 76.6 Å². The maximum Gasteiger partial charge on any atom is 0.336 e. The number of hydrogen-bond acceptors (Lipinski definition) is 4. The van der Waals surface area contributed by atoms with E-state index in [2.05, 4.69) is 10.3 Å². The van der Waals surface area contributed by atoms with E-state index in [1.54, 1.807) is 54.9 Å². The number of rotatable bonds is 6. The van der Waals surface area contributed by atoms with Crippen LogP contribution in [0.1, 0.15) is 30.5 Å². The fourth-order valence-electron chi connectivity index (χ4n) is 3.89. The molecule has 1 unspecified atom stereocenters. The highest BCUT2D eigenvalue weighted by molar-refractivity contribution is 6.31. The van der Waals surface area contributed by atoms with Gasteiger partial charge >= 0.3 is 5.69 Å². The van der Waals surface area contributed by atoms with Crippen molar-refractivity contribution in [2.24, 2.45) is 0 Å². The number of pyridine rings is 1. The molecule has 33 heavy (non-hydrogen) atoms. The largest absolute Gasteiger partial charge is 0.350 e. The van der Waals surface area contributed by atoms with Crippen molar-refractivity contribution in [1.82, 2.24) is 19.4 Å². The number of hydrogen-bond donors (Lipinski definition) is 1. The average Bonchev–Trinajstić information content (AvgIpc) is 2.81. The summed E-state index contributed by atoms with van der Waals surface area (Å²) < 4.78 is 2.48. The van der Waals surface area contributed by atoms with Crippen molar-refractivity contribution in [2.45, 2.75) is 32.9 Å². The number of fused-ring (bicyclic) bond motifs is 1. The Morgan fingerprint density at radius 3 is 2.64 bits per heavy atom. The highest BCUT2D eigenvalue weighted by Gasteiger charge is 2.25. The van der Waals surface area contributed by atoms with Gasteiger partial charge in [-0.15, -0.1) is 0 Å². The minimum atomic E-state index is -0.841. The molecule has 7 nitrogen and oxygen atoms in total. The van der Waals surface area contributed by atoms with Crippen LogP contribution in [0, 0.1) is 6.92 Å². The quantitative estimate of drug-likeness (QED) is 0.472. The average molecular weight is 463 g/mol. The van der Waals surface area contributed by atoms with E-state index >= 15 is 0 Å². The third kappa shape index (κ3) is 4.45. The zero-order valence-electron chi connectivity index (χ0n) is 18.3. The second-order valence-electron chi connectivity index (χ2n) is 7.80. The van der Waals surface area contributed by atoms with Crippen molar-refractivity contribution in [3.63, 3.8) is 0 Å². The Bertz CT molecular complexity index is 1440. The maximum atomic E-state index is 13.7. The molecular formula is C25H23ClN4O3. The lowest BCUT2D eigenvalue weighted by Gasteiger charge is -2.22. The highest BCUT2D eigenvalue weighted by atomic mass is 35.5. The van der Waals surface area contributed by atoms with Gasteiger partial charge < -0.3 is 5.32 Å². The van der Waals surface area contributed by atoms with Crippen LogP contribution in [0.25, 0.3) is 16.6 Å². The van der Waals surface area contributed by atoms with Gasteiger partial charge in [-0.3, -0.25) is 19.1 Å². The van der Waals surface area contributed by atoms with Gasteiger partial charge in [-0.2, -0.15) is 0 Å². The van der Waals surface area contributed by atoms with Crippen LogP contribution in [-0.2, 0) is 11.3 Å². The standard InChI is InChI=1S/C25H23ClN4O3/c1-3-21(23(31)28-15-17-7-5-11-27-14-17)30-22-13-18(26)9-10-20(22)24(32)29(25(30)33)19-8-4-6-16(2)12-19/h4-14,21H,3,15H2,1-2H3,(H,28,31). The normalized spacial score (nSPS) is 12.0. The van der Waals surface area contributed by atoms with Crippen LogP contribution < -0.4 is 16.6 Å². The molecule has 1 N–H and O–H groups in total. The van der Waals surface area contributed by atoms with Crippen LogP contribution in [-0.4, -0.2) is 20.0 Å². The van der Waals surface area contributed by atoms with Gasteiger partial charge in [-0.1, -0.05) is 36.7 Å². The molecule has 0 aliphatic carbocycles. The third-order valence-electron chi connectivity index (χ3n) is 5.50. The minimum absolute atomic E-state index is 0.272. The number of carbonyl (C=O) groups excluding carboxylic acids is 1. The molecule has 2 aromatic carbocycles. The molecule has 1 amide bonds. The summed E-state index contributed by atoms with van der Waals surface area (Å²) in [6, 6.07) is 14.7. The van der Waals surface area contributed by atoms with Gasteiger partial charge in [0.2, 0.25) is 5.91 Å². The summed E-state index contributed by atoms with van der Waals surface area (Å²) in [5.74, 6) is -0.334. The summed E-state index contributed by atoms with van der Waals surface area (Å²) in [4.78, 5) is 44.3. The first-order valence-electron chi connectivity index (χ1n) is 10.6. The highest BCUT2D eigenvalue weighted by Crippen LogP contribution is 2.21. The Kier molecular flexibility index (Phi) is 6.42. The summed E-state index contributed by atoms with van der Waals surface area (Å²) in [5.41, 5.74) is 1.46. The van der Waals surface area contributed by atoms with Crippen LogP contribution in [0.3, 0.4) is 0 Å². The monoisotopic (exact) mass is 462 g/mol. The number of halogens is 1. The van der Waals surface area contributed by atoms with Gasteiger partial charge in [0, 0.05) is 24.0 Å². The van der Waals surface area contributed by atoms with E-state index < -0.39 is 17.3 Å². The Morgan fingerprint density at radius 1 is 1.12 bits per heavy atom. The van der Waals surface area contributed by atoms with Crippen molar-refractivity contribution in [1.29, 1.82) is 0 Å². The van der Waals surface area contributed by atoms with Crippen molar-refractivity contribution < 1.29 is 4.79 Å². The first kappa shape index (κ1) is 22.5. The molecule has 4 aromatic rings. The number of carbonyl (C=O) groups is 1. The lowest BCUT2D eigenvalue weighted by Crippen LogP contribution is -2.44. The van der Waals surface area contributed by atoms with Gasteiger partial charge in [-0.05, 0) is 60.9 Å². The molecule has 168 valence electrons. The molecule has 0 spiro atoms. The SMILES string of the molecule is CCC(C(=O)NCc1cccnc1)n1c(=O)n(-c2cccc(C)c2)c(=O)c2ccc(Cl)cc21. The maximum absolute atomic E-state index is 13.7. The topological polar surface area (TPSA) is 86.0 Å². The van der Waals surface area contributed by atoms with E-state index in [1.807, 2.05) is 26.0 Å². The molecule has 0 fully saturated rings. The van der Waals surface area contributed by atoms with E-state index in [4.69, 9.17) is 11.6 Å². The Balaban J connectivity index is 1.89. The van der Waals surface area contributed by atoms with Gasteiger partial charge in [0.25, 0.3) is 5.56 Å². The van der Waals surface area contributed by atoms with Crippen molar-refractivity contribution in [2.75, 3.05) is 0 Å². The number of benzene rings is 2. The van der Waals surface area contributed by atoms with Gasteiger partial charge in [-0.25, -0.2) is 9.36 Å². The van der Waals surface area contributed by atoms with Crippen molar-refractivity contribution in [3.05, 3.63) is 104 Å². The molecule has 0 aliphatic heterocycles. The molecule has 1 atom stereocenters. The lowest BCUT2D eigenvalue weighted by atomic mass is 10.1. The van der Waals surface area contributed by atoms with E-state index in [0.29, 0.717) is 28.0 Å². The second kappa shape index (κ2) is 9.42. The predicted molar refractivity (Wildman–Crippen MR) is 129 cm³/mol. The Hall–Kier alpha value is -3.71. The molecule has 0 saturated heterocycles. The fourth-order valence-corrected chi connectivity index (χ4v) is 4.06. The first-order chi connectivity index (χ1) is 15.9. The minimum Gasteiger partial charge on any atom is -0.350 e. The van der Waals surface area contributed by atoms with E-state index in [0.717, 1.165) is 15.7 Å². The smallest absolute Gasteiger partial charge is 0.336 e. The zero-order valence-corrected chi connectivity index (χ0v) is 19.0. The number of nitrogens with zero attached hydrogens (tertiary/aromatic N) is 3. The number of aromatic nitrogens is 3. The van der Waals surface area contributed by atoms with Crippen LogP contribution in [0.4, 0.5) is 0 Å². The molecule has 0 radical (unpaired) electrons. The molecule has 0 aliphatic rings. The van der Waals surface area contributed by atoms with E-state index in [1.165, 1.54) is 4.57 Å². The fraction of sp³-hybridized carbons (Fsp3) is 0.200. The van der Waals surface area contributed by atoms with Gasteiger partial charge in [0.1, 0.15) is 6.04 Å².